The zero-order valence-corrected chi connectivity index (χ0v) is 16.9. The Bertz CT molecular complexity index is 913. The number of aryl methyl sites for hydroxylation is 2. The Morgan fingerprint density at radius 2 is 1.85 bits per heavy atom. The van der Waals surface area contributed by atoms with Crippen molar-refractivity contribution in [3.63, 3.8) is 0 Å². The van der Waals surface area contributed by atoms with Gasteiger partial charge in [-0.2, -0.15) is 0 Å². The summed E-state index contributed by atoms with van der Waals surface area (Å²) in [5.41, 5.74) is 3.01. The molecular weight excluding hydrogens is 372 g/mol. The van der Waals surface area contributed by atoms with Crippen molar-refractivity contribution in [2.24, 2.45) is 0 Å². The van der Waals surface area contributed by atoms with Crippen LogP contribution in [0, 0.1) is 13.8 Å². The Kier molecular flexibility index (Phi) is 6.31. The van der Waals surface area contributed by atoms with E-state index in [1.54, 1.807) is 43.3 Å². The Hall–Kier alpha value is -2.05. The fraction of sp³-hybridized carbons (Fsp3) is 0.316. The van der Waals surface area contributed by atoms with Gasteiger partial charge in [-0.05, 0) is 61.7 Å². The molecule has 5 nitrogen and oxygen atoms in total. The van der Waals surface area contributed by atoms with E-state index in [9.17, 15) is 13.2 Å². The Labute approximate surface area is 160 Å². The second-order valence-electron chi connectivity index (χ2n) is 6.25. The number of carbonyl (C=O) groups is 1. The van der Waals surface area contributed by atoms with E-state index < -0.39 is 22.0 Å². The molecule has 2 aromatic carbocycles. The summed E-state index contributed by atoms with van der Waals surface area (Å²) in [7, 11) is -3.66. The second-order valence-corrected chi connectivity index (χ2v) is 8.55. The van der Waals surface area contributed by atoms with Crippen LogP contribution in [0.4, 0.5) is 11.4 Å². The van der Waals surface area contributed by atoms with Gasteiger partial charge in [0.15, 0.2) is 0 Å². The van der Waals surface area contributed by atoms with E-state index in [4.69, 9.17) is 11.6 Å². The minimum atomic E-state index is -3.66. The predicted octanol–water partition coefficient (Wildman–Crippen LogP) is 4.14. The first-order valence-electron chi connectivity index (χ1n) is 8.26. The molecule has 1 N–H and O–H groups in total. The molecule has 140 valence electrons. The maximum Gasteiger partial charge on any atom is 0.248 e. The summed E-state index contributed by atoms with van der Waals surface area (Å²) in [4.78, 5) is 12.8. The molecular formula is C19H23ClN2O3S. The van der Waals surface area contributed by atoms with Crippen molar-refractivity contribution < 1.29 is 13.2 Å². The first kappa shape index (κ1) is 20.3. The van der Waals surface area contributed by atoms with E-state index >= 15 is 0 Å². The highest BCUT2D eigenvalue weighted by molar-refractivity contribution is 7.92. The van der Waals surface area contributed by atoms with Gasteiger partial charge in [-0.3, -0.25) is 9.10 Å². The average molecular weight is 395 g/mol. The molecule has 0 fully saturated rings. The number of hydrogen-bond acceptors (Lipinski definition) is 3. The van der Waals surface area contributed by atoms with Crippen LogP contribution >= 0.6 is 11.6 Å². The van der Waals surface area contributed by atoms with Gasteiger partial charge in [0.05, 0.1) is 11.9 Å². The summed E-state index contributed by atoms with van der Waals surface area (Å²) in [5.74, 6) is -0.404. The third-order valence-electron chi connectivity index (χ3n) is 4.17. The molecule has 1 atom stereocenters. The van der Waals surface area contributed by atoms with Crippen molar-refractivity contribution in [3.8, 4) is 0 Å². The molecule has 0 saturated carbocycles. The normalized spacial score (nSPS) is 12.5. The van der Waals surface area contributed by atoms with Crippen molar-refractivity contribution in [2.45, 2.75) is 33.2 Å². The topological polar surface area (TPSA) is 66.5 Å². The van der Waals surface area contributed by atoms with Crippen LogP contribution in [0.1, 0.15) is 24.5 Å². The summed E-state index contributed by atoms with van der Waals surface area (Å²) in [6, 6.07) is 11.2. The Balaban J connectivity index is 2.40. The van der Waals surface area contributed by atoms with Gasteiger partial charge in [-0.1, -0.05) is 30.7 Å². The van der Waals surface area contributed by atoms with Crippen molar-refractivity contribution in [2.75, 3.05) is 15.9 Å². The van der Waals surface area contributed by atoms with E-state index in [1.807, 2.05) is 19.9 Å². The van der Waals surface area contributed by atoms with Crippen LogP contribution in [0.25, 0.3) is 0 Å². The van der Waals surface area contributed by atoms with Crippen molar-refractivity contribution in [3.05, 3.63) is 58.6 Å². The fourth-order valence-electron chi connectivity index (χ4n) is 2.71. The largest absolute Gasteiger partial charge is 0.324 e. The van der Waals surface area contributed by atoms with Gasteiger partial charge < -0.3 is 5.32 Å². The molecule has 26 heavy (non-hydrogen) atoms. The molecule has 0 bridgehead atoms. The van der Waals surface area contributed by atoms with E-state index in [1.165, 1.54) is 4.31 Å². The second kappa shape index (κ2) is 8.10. The lowest BCUT2D eigenvalue weighted by Crippen LogP contribution is -2.47. The van der Waals surface area contributed by atoms with Gasteiger partial charge in [0.1, 0.15) is 6.04 Å². The number of anilines is 2. The molecule has 0 radical (unpaired) electrons. The van der Waals surface area contributed by atoms with Crippen LogP contribution in [0.5, 0.6) is 0 Å². The molecule has 0 spiro atoms. The van der Waals surface area contributed by atoms with Crippen LogP contribution < -0.4 is 9.62 Å². The van der Waals surface area contributed by atoms with Gasteiger partial charge >= 0.3 is 0 Å². The van der Waals surface area contributed by atoms with E-state index in [-0.39, 0.29) is 0 Å². The van der Waals surface area contributed by atoms with Gasteiger partial charge in [-0.15, -0.1) is 0 Å². The van der Waals surface area contributed by atoms with Crippen LogP contribution in [0.15, 0.2) is 42.5 Å². The molecule has 0 aliphatic heterocycles. The first-order chi connectivity index (χ1) is 12.1. The van der Waals surface area contributed by atoms with E-state index in [0.29, 0.717) is 22.8 Å². The van der Waals surface area contributed by atoms with Gasteiger partial charge in [0, 0.05) is 10.7 Å². The minimum Gasteiger partial charge on any atom is -0.324 e. The minimum absolute atomic E-state index is 0.326. The number of amides is 1. The maximum atomic E-state index is 12.8. The summed E-state index contributed by atoms with van der Waals surface area (Å²) < 4.78 is 26.1. The van der Waals surface area contributed by atoms with Gasteiger partial charge in [0.25, 0.3) is 0 Å². The van der Waals surface area contributed by atoms with Crippen molar-refractivity contribution in [1.82, 2.24) is 0 Å². The standard InChI is InChI=1S/C19H23ClN2O3S/c1-5-18(19(23)21-16-8-6-7-15(20)12-16)22(26(4,24)25)17-10-9-13(2)14(3)11-17/h6-12,18H,5H2,1-4H3,(H,21,23)/t18-/m1/s1. The number of halogens is 1. The fourth-order valence-corrected chi connectivity index (χ4v) is 4.11. The number of benzene rings is 2. The number of hydrogen-bond donors (Lipinski definition) is 1. The quantitative estimate of drug-likeness (QED) is 0.800. The summed E-state index contributed by atoms with van der Waals surface area (Å²) in [5, 5.41) is 3.24. The highest BCUT2D eigenvalue weighted by atomic mass is 35.5. The smallest absolute Gasteiger partial charge is 0.248 e. The van der Waals surface area contributed by atoms with Crippen molar-refractivity contribution in [1.29, 1.82) is 0 Å². The van der Waals surface area contributed by atoms with Crippen LogP contribution in [0.3, 0.4) is 0 Å². The van der Waals surface area contributed by atoms with Gasteiger partial charge in [0.2, 0.25) is 15.9 Å². The molecule has 0 aliphatic carbocycles. The Morgan fingerprint density at radius 3 is 2.38 bits per heavy atom. The summed E-state index contributed by atoms with van der Waals surface area (Å²) >= 11 is 5.95. The Morgan fingerprint density at radius 1 is 1.15 bits per heavy atom. The van der Waals surface area contributed by atoms with Crippen LogP contribution in [-0.2, 0) is 14.8 Å². The molecule has 0 aromatic heterocycles. The third kappa shape index (κ3) is 4.77. The summed E-state index contributed by atoms with van der Waals surface area (Å²) in [6.07, 6.45) is 1.43. The zero-order chi connectivity index (χ0) is 19.5. The third-order valence-corrected chi connectivity index (χ3v) is 5.58. The molecule has 0 saturated heterocycles. The number of carbonyl (C=O) groups excluding carboxylic acids is 1. The highest BCUT2D eigenvalue weighted by Gasteiger charge is 2.31. The summed E-state index contributed by atoms with van der Waals surface area (Å²) in [6.45, 7) is 5.64. The molecule has 1 amide bonds. The number of sulfonamides is 1. The first-order valence-corrected chi connectivity index (χ1v) is 10.5. The van der Waals surface area contributed by atoms with Crippen LogP contribution in [0.2, 0.25) is 5.02 Å². The van der Waals surface area contributed by atoms with E-state index in [2.05, 4.69) is 5.32 Å². The zero-order valence-electron chi connectivity index (χ0n) is 15.3. The lowest BCUT2D eigenvalue weighted by Gasteiger charge is -2.30. The predicted molar refractivity (Wildman–Crippen MR) is 107 cm³/mol. The molecule has 0 heterocycles. The monoisotopic (exact) mass is 394 g/mol. The average Bonchev–Trinajstić information content (AvgIpc) is 2.54. The molecule has 0 unspecified atom stereocenters. The van der Waals surface area contributed by atoms with E-state index in [0.717, 1.165) is 17.4 Å². The number of rotatable bonds is 6. The SMILES string of the molecule is CC[C@H](C(=O)Nc1cccc(Cl)c1)N(c1ccc(C)c(C)c1)S(C)(=O)=O. The van der Waals surface area contributed by atoms with Crippen molar-refractivity contribution >= 4 is 38.9 Å². The molecule has 2 rings (SSSR count). The lowest BCUT2D eigenvalue weighted by molar-refractivity contribution is -0.117. The number of nitrogens with one attached hydrogen (secondary N) is 1. The number of nitrogens with zero attached hydrogens (tertiary/aromatic N) is 1. The van der Waals surface area contributed by atoms with Gasteiger partial charge in [-0.25, -0.2) is 8.42 Å². The highest BCUT2D eigenvalue weighted by Crippen LogP contribution is 2.26. The lowest BCUT2D eigenvalue weighted by atomic mass is 10.1. The molecule has 0 aliphatic rings. The van der Waals surface area contributed by atoms with Crippen LogP contribution in [-0.4, -0.2) is 26.6 Å². The molecule has 7 heteroatoms. The molecule has 2 aromatic rings. The maximum absolute atomic E-state index is 12.8.